The summed E-state index contributed by atoms with van der Waals surface area (Å²) in [5, 5.41) is 12.5. The maximum absolute atomic E-state index is 12.5. The molecule has 2 heterocycles. The van der Waals surface area contributed by atoms with Gasteiger partial charge in [-0.15, -0.1) is 11.3 Å². The molecular formula is C11H13N3O4S3. The van der Waals surface area contributed by atoms with E-state index in [0.29, 0.717) is 11.3 Å². The minimum Gasteiger partial charge on any atom is -0.385 e. The van der Waals surface area contributed by atoms with E-state index in [-0.39, 0.29) is 20.9 Å². The molecule has 0 aliphatic heterocycles. The molecule has 0 aliphatic rings. The molecule has 2 rings (SSSR count). The molecule has 0 saturated carbocycles. The first-order valence-corrected chi connectivity index (χ1v) is 8.94. The minimum absolute atomic E-state index is 0.115. The fraction of sp³-hybridized carbons (Fsp3) is 0.273. The highest BCUT2D eigenvalue weighted by atomic mass is 32.2. The average molecular weight is 347 g/mol. The molecule has 0 radical (unpaired) electrons. The first kappa shape index (κ1) is 15.9. The van der Waals surface area contributed by atoms with Gasteiger partial charge in [0.2, 0.25) is 0 Å². The molecule has 0 aromatic carbocycles. The first-order valence-electron chi connectivity index (χ1n) is 5.80. The highest BCUT2D eigenvalue weighted by Gasteiger charge is 2.31. The van der Waals surface area contributed by atoms with Crippen molar-refractivity contribution in [2.24, 2.45) is 0 Å². The number of anilines is 1. The van der Waals surface area contributed by atoms with Crippen molar-refractivity contribution >= 4 is 43.4 Å². The summed E-state index contributed by atoms with van der Waals surface area (Å²) in [6.45, 7) is 1.76. The Balaban J connectivity index is 2.37. The van der Waals surface area contributed by atoms with Crippen molar-refractivity contribution in [2.75, 3.05) is 12.8 Å². The van der Waals surface area contributed by atoms with Crippen molar-refractivity contribution in [2.45, 2.75) is 17.2 Å². The van der Waals surface area contributed by atoms with E-state index >= 15 is 0 Å². The van der Waals surface area contributed by atoms with Gasteiger partial charge in [-0.2, -0.15) is 4.31 Å². The highest BCUT2D eigenvalue weighted by Crippen LogP contribution is 2.37. The molecule has 0 saturated heterocycles. The Kier molecular flexibility index (Phi) is 4.33. The van der Waals surface area contributed by atoms with Crippen LogP contribution in [0.3, 0.4) is 0 Å². The molecule has 0 amide bonds. The Morgan fingerprint density at radius 3 is 2.62 bits per heavy atom. The lowest BCUT2D eigenvalue weighted by Gasteiger charge is -2.22. The maximum Gasteiger partial charge on any atom is 0.304 e. The highest BCUT2D eigenvalue weighted by molar-refractivity contribution is 7.91. The van der Waals surface area contributed by atoms with Crippen LogP contribution in [0.1, 0.15) is 17.8 Å². The zero-order chi connectivity index (χ0) is 15.8. The molecule has 0 aliphatic carbocycles. The molecule has 1 unspecified atom stereocenters. The lowest BCUT2D eigenvalue weighted by molar-refractivity contribution is -0.383. The molecular weight excluding hydrogens is 334 g/mol. The van der Waals surface area contributed by atoms with Crippen LogP contribution in [0, 0.1) is 10.1 Å². The molecule has 0 fully saturated rings. The van der Waals surface area contributed by atoms with Crippen LogP contribution in [-0.4, -0.2) is 24.7 Å². The topological polar surface area (TPSA) is 107 Å². The predicted octanol–water partition coefficient (Wildman–Crippen LogP) is 2.68. The van der Waals surface area contributed by atoms with E-state index < -0.39 is 14.9 Å². The van der Waals surface area contributed by atoms with E-state index in [2.05, 4.69) is 0 Å². The number of hydrogen-bond acceptors (Lipinski definition) is 7. The van der Waals surface area contributed by atoms with Crippen molar-refractivity contribution in [3.05, 3.63) is 38.6 Å². The standard InChI is InChI=1S/C11H13N3O4S3/c1-7(9-4-3-5-19-9)13(2)21(17,18)10-6-8(14(15)16)11(12)20-10/h3-7H,12H2,1-2H3. The summed E-state index contributed by atoms with van der Waals surface area (Å²) in [4.78, 5) is 11.0. The van der Waals surface area contributed by atoms with Gasteiger partial charge in [0, 0.05) is 18.0 Å². The van der Waals surface area contributed by atoms with Gasteiger partial charge in [-0.05, 0) is 18.4 Å². The summed E-state index contributed by atoms with van der Waals surface area (Å²) in [6, 6.07) is 4.32. The van der Waals surface area contributed by atoms with E-state index in [1.54, 1.807) is 6.92 Å². The molecule has 2 aromatic rings. The van der Waals surface area contributed by atoms with Crippen LogP contribution in [0.5, 0.6) is 0 Å². The van der Waals surface area contributed by atoms with E-state index in [1.807, 2.05) is 17.5 Å². The van der Waals surface area contributed by atoms with Crippen molar-refractivity contribution in [3.8, 4) is 0 Å². The first-order chi connectivity index (χ1) is 9.75. The minimum atomic E-state index is -3.83. The number of sulfonamides is 1. The van der Waals surface area contributed by atoms with Crippen LogP contribution in [0.2, 0.25) is 0 Å². The van der Waals surface area contributed by atoms with Gasteiger partial charge in [0.15, 0.2) is 5.00 Å². The number of thiophene rings is 2. The Labute approximate surface area is 129 Å². The number of nitrogen functional groups attached to an aromatic ring is 1. The lowest BCUT2D eigenvalue weighted by atomic mass is 10.3. The lowest BCUT2D eigenvalue weighted by Crippen LogP contribution is -2.28. The molecule has 0 spiro atoms. The third-order valence-corrected chi connectivity index (χ3v) is 7.42. The second-order valence-electron chi connectivity index (χ2n) is 4.28. The molecule has 114 valence electrons. The summed E-state index contributed by atoms with van der Waals surface area (Å²) in [7, 11) is -2.38. The van der Waals surface area contributed by atoms with Gasteiger partial charge in [-0.3, -0.25) is 10.1 Å². The summed E-state index contributed by atoms with van der Waals surface area (Å²) in [5.41, 5.74) is 5.13. The summed E-state index contributed by atoms with van der Waals surface area (Å²) in [6.07, 6.45) is 0. The largest absolute Gasteiger partial charge is 0.385 e. The summed E-state index contributed by atoms with van der Waals surface area (Å²) in [5.74, 6) is 0. The fourth-order valence-electron chi connectivity index (χ4n) is 1.70. The molecule has 7 nitrogen and oxygen atoms in total. The van der Waals surface area contributed by atoms with E-state index in [4.69, 9.17) is 5.73 Å². The van der Waals surface area contributed by atoms with E-state index in [9.17, 15) is 18.5 Å². The fourth-order valence-corrected chi connectivity index (χ4v) is 5.34. The van der Waals surface area contributed by atoms with Gasteiger partial charge < -0.3 is 5.73 Å². The molecule has 2 N–H and O–H groups in total. The number of nitro groups is 1. The predicted molar refractivity (Wildman–Crippen MR) is 83.1 cm³/mol. The van der Waals surface area contributed by atoms with Gasteiger partial charge >= 0.3 is 5.69 Å². The quantitative estimate of drug-likeness (QED) is 0.661. The summed E-state index contributed by atoms with van der Waals surface area (Å²) >= 11 is 2.15. The Hall–Kier alpha value is -1.49. The Morgan fingerprint density at radius 2 is 2.14 bits per heavy atom. The smallest absolute Gasteiger partial charge is 0.304 e. The van der Waals surface area contributed by atoms with E-state index in [1.165, 1.54) is 22.7 Å². The number of nitrogens with zero attached hydrogens (tertiary/aromatic N) is 2. The normalized spacial score (nSPS) is 13.5. The number of nitrogens with two attached hydrogens (primary N) is 1. The van der Waals surface area contributed by atoms with Crippen molar-refractivity contribution in [3.63, 3.8) is 0 Å². The van der Waals surface area contributed by atoms with Crippen LogP contribution < -0.4 is 5.73 Å². The van der Waals surface area contributed by atoms with Crippen molar-refractivity contribution in [1.29, 1.82) is 0 Å². The maximum atomic E-state index is 12.5. The van der Waals surface area contributed by atoms with Crippen LogP contribution in [0.25, 0.3) is 0 Å². The second kappa shape index (κ2) is 5.72. The van der Waals surface area contributed by atoms with Gasteiger partial charge in [-0.1, -0.05) is 17.4 Å². The number of rotatable bonds is 5. The van der Waals surface area contributed by atoms with Gasteiger partial charge in [-0.25, -0.2) is 8.42 Å². The molecule has 21 heavy (non-hydrogen) atoms. The van der Waals surface area contributed by atoms with Crippen LogP contribution in [0.4, 0.5) is 10.7 Å². The SMILES string of the molecule is CC(c1cccs1)N(C)S(=O)(=O)c1cc([N+](=O)[O-])c(N)s1. The van der Waals surface area contributed by atoms with Gasteiger partial charge in [0.05, 0.1) is 11.0 Å². The Bertz CT molecular complexity index is 752. The third-order valence-electron chi connectivity index (χ3n) is 3.05. The molecule has 10 heteroatoms. The van der Waals surface area contributed by atoms with E-state index in [0.717, 1.165) is 10.9 Å². The Morgan fingerprint density at radius 1 is 1.48 bits per heavy atom. The average Bonchev–Trinajstić information content (AvgIpc) is 3.05. The van der Waals surface area contributed by atoms with Crippen molar-refractivity contribution in [1.82, 2.24) is 4.31 Å². The van der Waals surface area contributed by atoms with Crippen molar-refractivity contribution < 1.29 is 13.3 Å². The molecule has 2 aromatic heterocycles. The zero-order valence-corrected chi connectivity index (χ0v) is 13.7. The molecule has 0 bridgehead atoms. The second-order valence-corrected chi connectivity index (χ2v) is 8.57. The number of hydrogen-bond donors (Lipinski definition) is 1. The van der Waals surface area contributed by atoms with Crippen LogP contribution in [0.15, 0.2) is 27.8 Å². The van der Waals surface area contributed by atoms with Gasteiger partial charge in [0.25, 0.3) is 10.0 Å². The summed E-state index contributed by atoms with van der Waals surface area (Å²) < 4.78 is 26.1. The van der Waals surface area contributed by atoms with Crippen LogP contribution >= 0.6 is 22.7 Å². The van der Waals surface area contributed by atoms with Gasteiger partial charge in [0.1, 0.15) is 4.21 Å². The molecule has 1 atom stereocenters. The third kappa shape index (κ3) is 2.93. The zero-order valence-electron chi connectivity index (χ0n) is 11.2. The monoisotopic (exact) mass is 347 g/mol. The van der Waals surface area contributed by atoms with Crippen LogP contribution in [-0.2, 0) is 10.0 Å².